The van der Waals surface area contributed by atoms with Crippen LogP contribution in [0.5, 0.6) is 0 Å². The molecule has 2 N–H and O–H groups in total. The van der Waals surface area contributed by atoms with E-state index >= 15 is 0 Å². The van der Waals surface area contributed by atoms with E-state index in [9.17, 15) is 9.59 Å². The van der Waals surface area contributed by atoms with Crippen molar-refractivity contribution in [2.24, 2.45) is 0 Å². The minimum absolute atomic E-state index is 0.133. The Morgan fingerprint density at radius 1 is 1.47 bits per heavy atom. The van der Waals surface area contributed by atoms with E-state index in [1.165, 1.54) is 7.11 Å². The lowest BCUT2D eigenvalue weighted by atomic mass is 10.1. The van der Waals surface area contributed by atoms with Crippen molar-refractivity contribution in [2.45, 2.75) is 13.0 Å². The number of carbonyl (C=O) groups excluding carboxylic acids is 2. The second kappa shape index (κ2) is 4.37. The van der Waals surface area contributed by atoms with Crippen LogP contribution in [-0.4, -0.2) is 25.0 Å². The summed E-state index contributed by atoms with van der Waals surface area (Å²) in [5.41, 5.74) is 1.72. The quantitative estimate of drug-likeness (QED) is 0.778. The maximum atomic E-state index is 11.5. The number of methoxy groups -OCH3 is 1. The van der Waals surface area contributed by atoms with Crippen LogP contribution in [0.25, 0.3) is 0 Å². The highest BCUT2D eigenvalue weighted by atomic mass is 79.9. The van der Waals surface area contributed by atoms with Gasteiger partial charge < -0.3 is 15.4 Å². The molecule has 0 aliphatic carbocycles. The summed E-state index contributed by atoms with van der Waals surface area (Å²) in [5.74, 6) is -0.576. The van der Waals surface area contributed by atoms with Crippen molar-refractivity contribution in [3.8, 4) is 0 Å². The number of hydrogen-bond acceptors (Lipinski definition) is 4. The third-order valence-corrected chi connectivity index (χ3v) is 3.15. The van der Waals surface area contributed by atoms with E-state index in [-0.39, 0.29) is 11.9 Å². The summed E-state index contributed by atoms with van der Waals surface area (Å²) in [4.78, 5) is 22.9. The van der Waals surface area contributed by atoms with Crippen LogP contribution in [0.1, 0.15) is 17.3 Å². The molecule has 2 rings (SSSR count). The van der Waals surface area contributed by atoms with E-state index < -0.39 is 5.97 Å². The van der Waals surface area contributed by atoms with E-state index in [0.29, 0.717) is 15.7 Å². The van der Waals surface area contributed by atoms with Gasteiger partial charge in [0.05, 0.1) is 24.0 Å². The van der Waals surface area contributed by atoms with Gasteiger partial charge in [0.15, 0.2) is 0 Å². The molecular weight excluding hydrogens is 288 g/mol. The standard InChI is InChI=1S/C11H11BrN2O3/c1-5-10(15)14-8-4-6(11(16)17-2)3-7(12)9(8)13-5/h3-5,13H,1-2H3,(H,14,15). The number of esters is 1. The smallest absolute Gasteiger partial charge is 0.337 e. The summed E-state index contributed by atoms with van der Waals surface area (Å²) >= 11 is 3.36. The summed E-state index contributed by atoms with van der Waals surface area (Å²) in [6, 6.07) is 2.94. The number of anilines is 2. The molecule has 1 aromatic carbocycles. The number of benzene rings is 1. The van der Waals surface area contributed by atoms with E-state index in [1.807, 2.05) is 0 Å². The lowest BCUT2D eigenvalue weighted by molar-refractivity contribution is -0.116. The third-order valence-electron chi connectivity index (χ3n) is 2.52. The first-order chi connectivity index (χ1) is 8.02. The molecule has 5 nitrogen and oxygen atoms in total. The zero-order valence-electron chi connectivity index (χ0n) is 9.33. The first-order valence-electron chi connectivity index (χ1n) is 5.02. The van der Waals surface area contributed by atoms with Gasteiger partial charge in [0, 0.05) is 4.47 Å². The summed E-state index contributed by atoms with van der Waals surface area (Å²) in [7, 11) is 1.31. The van der Waals surface area contributed by atoms with Gasteiger partial charge in [-0.25, -0.2) is 4.79 Å². The van der Waals surface area contributed by atoms with Gasteiger partial charge in [-0.1, -0.05) is 0 Å². The lowest BCUT2D eigenvalue weighted by Crippen LogP contribution is -2.36. The van der Waals surface area contributed by atoms with Crippen LogP contribution >= 0.6 is 15.9 Å². The largest absolute Gasteiger partial charge is 0.465 e. The average Bonchev–Trinajstić information content (AvgIpc) is 2.30. The number of ether oxygens (including phenoxy) is 1. The SMILES string of the molecule is COC(=O)c1cc(Br)c2c(c1)NC(=O)C(C)N2. The second-order valence-electron chi connectivity index (χ2n) is 3.73. The van der Waals surface area contributed by atoms with Crippen LogP contribution in [0.2, 0.25) is 0 Å². The Kier molecular flexibility index (Phi) is 3.06. The van der Waals surface area contributed by atoms with Gasteiger partial charge in [-0.3, -0.25) is 4.79 Å². The molecule has 17 heavy (non-hydrogen) atoms. The predicted octanol–water partition coefficient (Wildman–Crippen LogP) is 1.99. The molecule has 90 valence electrons. The molecule has 0 saturated carbocycles. The molecule has 1 aliphatic heterocycles. The summed E-state index contributed by atoms with van der Waals surface area (Å²) < 4.78 is 5.35. The second-order valence-corrected chi connectivity index (χ2v) is 4.58. The Balaban J connectivity index is 2.47. The van der Waals surface area contributed by atoms with Crippen molar-refractivity contribution < 1.29 is 14.3 Å². The molecule has 6 heteroatoms. The number of carbonyl (C=O) groups is 2. The number of hydrogen-bond donors (Lipinski definition) is 2. The van der Waals surface area contributed by atoms with Crippen LogP contribution in [0.15, 0.2) is 16.6 Å². The Bertz CT molecular complexity index is 502. The highest BCUT2D eigenvalue weighted by Crippen LogP contribution is 2.35. The van der Waals surface area contributed by atoms with Crippen molar-refractivity contribution in [3.05, 3.63) is 22.2 Å². The first kappa shape index (κ1) is 11.9. The zero-order chi connectivity index (χ0) is 12.6. The molecule has 1 aliphatic rings. The highest BCUT2D eigenvalue weighted by Gasteiger charge is 2.24. The fourth-order valence-electron chi connectivity index (χ4n) is 1.61. The molecule has 0 bridgehead atoms. The van der Waals surface area contributed by atoms with Crippen molar-refractivity contribution in [2.75, 3.05) is 17.7 Å². The van der Waals surface area contributed by atoms with Crippen LogP contribution in [-0.2, 0) is 9.53 Å². The van der Waals surface area contributed by atoms with E-state index in [1.54, 1.807) is 19.1 Å². The maximum absolute atomic E-state index is 11.5. The van der Waals surface area contributed by atoms with Gasteiger partial charge in [0.1, 0.15) is 6.04 Å². The van der Waals surface area contributed by atoms with Crippen molar-refractivity contribution in [1.29, 1.82) is 0 Å². The molecule has 0 radical (unpaired) electrons. The van der Waals surface area contributed by atoms with E-state index in [4.69, 9.17) is 0 Å². The minimum Gasteiger partial charge on any atom is -0.465 e. The third kappa shape index (κ3) is 2.12. The fourth-order valence-corrected chi connectivity index (χ4v) is 2.19. The average molecular weight is 299 g/mol. The molecule has 1 amide bonds. The van der Waals surface area contributed by atoms with Crippen LogP contribution in [0, 0.1) is 0 Å². The zero-order valence-corrected chi connectivity index (χ0v) is 10.9. The molecule has 0 fully saturated rings. The van der Waals surface area contributed by atoms with E-state index in [0.717, 1.165) is 5.69 Å². The number of amides is 1. The van der Waals surface area contributed by atoms with Crippen LogP contribution < -0.4 is 10.6 Å². The van der Waals surface area contributed by atoms with Crippen molar-refractivity contribution in [3.63, 3.8) is 0 Å². The number of fused-ring (bicyclic) bond motifs is 1. The van der Waals surface area contributed by atoms with Gasteiger partial charge >= 0.3 is 5.97 Å². The fraction of sp³-hybridized carbons (Fsp3) is 0.273. The number of halogens is 1. The molecule has 0 aromatic heterocycles. The van der Waals surface area contributed by atoms with Gasteiger partial charge in [-0.2, -0.15) is 0 Å². The summed E-state index contributed by atoms with van der Waals surface area (Å²) in [6.07, 6.45) is 0. The first-order valence-corrected chi connectivity index (χ1v) is 5.81. The Hall–Kier alpha value is -1.56. The summed E-state index contributed by atoms with van der Waals surface area (Å²) in [6.45, 7) is 1.76. The predicted molar refractivity (Wildman–Crippen MR) is 67.2 cm³/mol. The normalized spacial score (nSPS) is 17.8. The Labute approximate surface area is 107 Å². The van der Waals surface area contributed by atoms with Crippen LogP contribution in [0.3, 0.4) is 0 Å². The van der Waals surface area contributed by atoms with Gasteiger partial charge in [0.25, 0.3) is 0 Å². The monoisotopic (exact) mass is 298 g/mol. The van der Waals surface area contributed by atoms with Crippen LogP contribution in [0.4, 0.5) is 11.4 Å². The molecule has 0 saturated heterocycles. The van der Waals surface area contributed by atoms with Gasteiger partial charge in [-0.05, 0) is 35.0 Å². The van der Waals surface area contributed by atoms with Crippen molar-refractivity contribution in [1.82, 2.24) is 0 Å². The highest BCUT2D eigenvalue weighted by molar-refractivity contribution is 9.10. The summed E-state index contributed by atoms with van der Waals surface area (Å²) in [5, 5.41) is 5.78. The van der Waals surface area contributed by atoms with E-state index in [2.05, 4.69) is 31.3 Å². The van der Waals surface area contributed by atoms with Crippen molar-refractivity contribution >= 4 is 39.2 Å². The van der Waals surface area contributed by atoms with Gasteiger partial charge in [-0.15, -0.1) is 0 Å². The topological polar surface area (TPSA) is 67.4 Å². The number of nitrogens with one attached hydrogen (secondary N) is 2. The Morgan fingerprint density at radius 3 is 2.82 bits per heavy atom. The molecule has 1 unspecified atom stereocenters. The Morgan fingerprint density at radius 2 is 2.18 bits per heavy atom. The molecule has 1 heterocycles. The van der Waals surface area contributed by atoms with Gasteiger partial charge in [0.2, 0.25) is 5.91 Å². The minimum atomic E-state index is -0.443. The number of rotatable bonds is 1. The molecular formula is C11H11BrN2O3. The molecule has 1 aromatic rings. The molecule has 1 atom stereocenters. The lowest BCUT2D eigenvalue weighted by Gasteiger charge is -2.25. The maximum Gasteiger partial charge on any atom is 0.337 e. The molecule has 0 spiro atoms.